The number of nitro groups is 1. The molecule has 1 N–H and O–H groups in total. The number of benzene rings is 1. The van der Waals surface area contributed by atoms with Gasteiger partial charge in [0.2, 0.25) is 0 Å². The summed E-state index contributed by atoms with van der Waals surface area (Å²) in [5.74, 6) is 0. The van der Waals surface area contributed by atoms with E-state index in [1.54, 1.807) is 6.07 Å². The maximum Gasteiger partial charge on any atom is 1.00 e. The average Bonchev–Trinajstić information content (AvgIpc) is 2.47. The largest absolute Gasteiger partial charge is 1.00 e. The molecule has 0 spiro atoms. The maximum absolute atomic E-state index is 10.4. The van der Waals surface area contributed by atoms with E-state index in [2.05, 4.69) is 10.2 Å². The molecule has 2 aromatic rings. The zero-order valence-electron chi connectivity index (χ0n) is 8.32. The van der Waals surface area contributed by atoms with Crippen molar-refractivity contribution < 1.29 is 35.9 Å². The van der Waals surface area contributed by atoms with Crippen molar-refractivity contribution in [2.75, 3.05) is 0 Å². The molecule has 0 aliphatic rings. The van der Waals surface area contributed by atoms with Crippen LogP contribution in [0.15, 0.2) is 18.2 Å². The van der Waals surface area contributed by atoms with E-state index in [1.807, 2.05) is 0 Å². The molecule has 0 saturated heterocycles. The number of nitrogens with zero attached hydrogens (tertiary/aromatic N) is 2. The van der Waals surface area contributed by atoms with Gasteiger partial charge in [-0.25, -0.2) is 0 Å². The Morgan fingerprint density at radius 1 is 1.57 bits per heavy atom. The van der Waals surface area contributed by atoms with Crippen molar-refractivity contribution in [2.45, 2.75) is 0 Å². The minimum absolute atomic E-state index is 0. The molecule has 1 aromatic heterocycles. The van der Waals surface area contributed by atoms with Gasteiger partial charge in [0.25, 0.3) is 5.69 Å². The Balaban J connectivity index is 0.000000980. The van der Waals surface area contributed by atoms with Crippen molar-refractivity contribution in [2.24, 2.45) is 0 Å². The van der Waals surface area contributed by atoms with E-state index in [1.165, 1.54) is 12.1 Å². The van der Waals surface area contributed by atoms with E-state index in [9.17, 15) is 10.1 Å². The van der Waals surface area contributed by atoms with Gasteiger partial charge in [0.1, 0.15) is 10.7 Å². The first-order valence-electron chi connectivity index (χ1n) is 3.46. The fourth-order valence-corrected chi connectivity index (χ4v) is 1.28. The summed E-state index contributed by atoms with van der Waals surface area (Å²) in [5, 5.41) is 17.8. The number of halogens is 1. The first-order valence-corrected chi connectivity index (χ1v) is 3.84. The molecule has 0 fully saturated rings. The van der Waals surface area contributed by atoms with Crippen LogP contribution >= 0.6 is 11.6 Å². The Labute approximate surface area is 107 Å². The molecule has 1 heterocycles. The van der Waals surface area contributed by atoms with Gasteiger partial charge in [-0.1, -0.05) is 11.6 Å². The van der Waals surface area contributed by atoms with Crippen molar-refractivity contribution >= 4 is 28.2 Å². The Morgan fingerprint density at radius 2 is 2.29 bits per heavy atom. The zero-order chi connectivity index (χ0) is 9.42. The second kappa shape index (κ2) is 4.27. The van der Waals surface area contributed by atoms with E-state index in [4.69, 9.17) is 11.6 Å². The number of aromatic nitrogens is 2. The molecule has 0 atom stereocenters. The maximum atomic E-state index is 10.4. The van der Waals surface area contributed by atoms with Crippen LogP contribution in [0.5, 0.6) is 0 Å². The van der Waals surface area contributed by atoms with Gasteiger partial charge in [0.15, 0.2) is 0 Å². The van der Waals surface area contributed by atoms with Crippen molar-refractivity contribution in [1.82, 2.24) is 10.2 Å². The molecule has 0 amide bonds. The van der Waals surface area contributed by atoms with Gasteiger partial charge in [0.05, 0.1) is 4.92 Å². The quantitative estimate of drug-likeness (QED) is 0.391. The molecule has 0 aliphatic heterocycles. The molecule has 0 saturated carbocycles. The summed E-state index contributed by atoms with van der Waals surface area (Å²) in [6.45, 7) is 0. The van der Waals surface area contributed by atoms with Crippen LogP contribution in [0.3, 0.4) is 0 Å². The molecule has 68 valence electrons. The molecular weight excluding hydrogens is 217 g/mol. The van der Waals surface area contributed by atoms with E-state index in [-0.39, 0.29) is 36.7 Å². The van der Waals surface area contributed by atoms with Crippen LogP contribution in [0.4, 0.5) is 5.69 Å². The fourth-order valence-electron chi connectivity index (χ4n) is 1.08. The molecule has 1 aromatic carbocycles. The molecule has 7 heteroatoms. The topological polar surface area (TPSA) is 71.8 Å². The van der Waals surface area contributed by atoms with Gasteiger partial charge in [0, 0.05) is 17.5 Å². The molecule has 2 rings (SSSR count). The first kappa shape index (κ1) is 11.5. The summed E-state index contributed by atoms with van der Waals surface area (Å²) in [6.07, 6.45) is 0. The standard InChI is InChI=1S/C7H4ClN3O2.Na.H/c8-7-5-2-1-4(11(12)13)3-6(5)9-10-7;;/h1-3H,(H,9,10);;/q;+1;-1. The first-order chi connectivity index (χ1) is 6.18. The predicted molar refractivity (Wildman–Crippen MR) is 48.9 cm³/mol. The number of rotatable bonds is 1. The minimum atomic E-state index is -0.470. The number of non-ortho nitro benzene ring substituents is 1. The van der Waals surface area contributed by atoms with Gasteiger partial charge in [-0.05, 0) is 6.07 Å². The minimum Gasteiger partial charge on any atom is -1.00 e. The molecule has 0 radical (unpaired) electrons. The number of nitro benzene ring substituents is 1. The second-order valence-corrected chi connectivity index (χ2v) is 2.87. The zero-order valence-corrected chi connectivity index (χ0v) is 10.1. The van der Waals surface area contributed by atoms with E-state index < -0.39 is 4.92 Å². The van der Waals surface area contributed by atoms with Crippen LogP contribution in [0.1, 0.15) is 1.43 Å². The predicted octanol–water partition coefficient (Wildman–Crippen LogP) is -0.759. The van der Waals surface area contributed by atoms with E-state index in [0.717, 1.165) is 0 Å². The van der Waals surface area contributed by atoms with Crippen LogP contribution in [0.2, 0.25) is 5.15 Å². The Hall–Kier alpha value is -0.620. The summed E-state index contributed by atoms with van der Waals surface area (Å²) >= 11 is 5.72. The van der Waals surface area contributed by atoms with Crippen LogP contribution in [0, 0.1) is 10.1 Å². The summed E-state index contributed by atoms with van der Waals surface area (Å²) < 4.78 is 0. The summed E-state index contributed by atoms with van der Waals surface area (Å²) in [6, 6.07) is 4.33. The molecule has 0 bridgehead atoms. The molecular formula is C7H5ClN3NaO2. The summed E-state index contributed by atoms with van der Waals surface area (Å²) in [5.41, 5.74) is 0.509. The van der Waals surface area contributed by atoms with Crippen LogP contribution in [0.25, 0.3) is 10.9 Å². The summed E-state index contributed by atoms with van der Waals surface area (Å²) in [4.78, 5) is 9.92. The van der Waals surface area contributed by atoms with Crippen molar-refractivity contribution in [3.8, 4) is 0 Å². The Bertz CT molecular complexity index is 490. The number of hydrogen-bond donors (Lipinski definition) is 1. The van der Waals surface area contributed by atoms with Gasteiger partial charge in [-0.15, -0.1) is 0 Å². The molecule has 0 aliphatic carbocycles. The number of aromatic amines is 1. The van der Waals surface area contributed by atoms with Gasteiger partial charge < -0.3 is 1.43 Å². The van der Waals surface area contributed by atoms with Crippen molar-refractivity contribution in [3.63, 3.8) is 0 Å². The van der Waals surface area contributed by atoms with Crippen LogP contribution in [-0.4, -0.2) is 15.1 Å². The Morgan fingerprint density at radius 3 is 2.93 bits per heavy atom. The third kappa shape index (κ3) is 1.90. The van der Waals surface area contributed by atoms with E-state index in [0.29, 0.717) is 16.1 Å². The van der Waals surface area contributed by atoms with Crippen molar-refractivity contribution in [3.05, 3.63) is 33.5 Å². The monoisotopic (exact) mass is 221 g/mol. The number of fused-ring (bicyclic) bond motifs is 1. The van der Waals surface area contributed by atoms with Gasteiger partial charge in [-0.2, -0.15) is 5.10 Å². The number of H-pyrrole nitrogens is 1. The number of nitrogens with one attached hydrogen (secondary N) is 1. The van der Waals surface area contributed by atoms with E-state index >= 15 is 0 Å². The third-order valence-corrected chi connectivity index (χ3v) is 1.99. The Kier molecular flexibility index (Phi) is 3.49. The SMILES string of the molecule is O=[N+]([O-])c1ccc2c(Cl)[nH]nc2c1.[H-].[Na+]. The van der Waals surface area contributed by atoms with Crippen LogP contribution < -0.4 is 29.6 Å². The van der Waals surface area contributed by atoms with Crippen LogP contribution in [-0.2, 0) is 0 Å². The van der Waals surface area contributed by atoms with Gasteiger partial charge >= 0.3 is 29.6 Å². The van der Waals surface area contributed by atoms with Crippen molar-refractivity contribution in [1.29, 1.82) is 0 Å². The summed E-state index contributed by atoms with van der Waals surface area (Å²) in [7, 11) is 0. The molecule has 5 nitrogen and oxygen atoms in total. The average molecular weight is 222 g/mol. The molecule has 14 heavy (non-hydrogen) atoms. The second-order valence-electron chi connectivity index (χ2n) is 2.50. The number of hydrogen-bond acceptors (Lipinski definition) is 3. The fraction of sp³-hybridized carbons (Fsp3) is 0. The molecule has 0 unspecified atom stereocenters. The normalized spacial score (nSPS) is 9.79. The van der Waals surface area contributed by atoms with Gasteiger partial charge in [-0.3, -0.25) is 15.2 Å². The third-order valence-electron chi connectivity index (χ3n) is 1.70. The smallest absolute Gasteiger partial charge is 1.00 e.